The fourth-order valence-corrected chi connectivity index (χ4v) is 3.54. The van der Waals surface area contributed by atoms with Gasteiger partial charge in [-0.1, -0.05) is 11.6 Å². The van der Waals surface area contributed by atoms with E-state index in [-0.39, 0.29) is 0 Å². The molecule has 0 saturated carbocycles. The molecule has 3 rings (SSSR count). The highest BCUT2D eigenvalue weighted by Crippen LogP contribution is 2.29. The molecule has 18 heavy (non-hydrogen) atoms. The number of aromatic nitrogens is 1. The van der Waals surface area contributed by atoms with Crippen molar-refractivity contribution >= 4 is 11.6 Å². The average molecular weight is 266 g/mol. The molecule has 2 bridgehead atoms. The van der Waals surface area contributed by atoms with Gasteiger partial charge in [0.25, 0.3) is 0 Å². The third-order valence-corrected chi connectivity index (χ3v) is 4.50. The maximum Gasteiger partial charge on any atom is 0.129 e. The highest BCUT2D eigenvalue weighted by atomic mass is 35.5. The van der Waals surface area contributed by atoms with Crippen molar-refractivity contribution in [2.45, 2.75) is 50.4 Å². The van der Waals surface area contributed by atoms with Gasteiger partial charge in [-0.15, -0.1) is 0 Å². The summed E-state index contributed by atoms with van der Waals surface area (Å²) in [5.41, 5.74) is 1.25. The van der Waals surface area contributed by atoms with Crippen molar-refractivity contribution in [3.63, 3.8) is 0 Å². The lowest BCUT2D eigenvalue weighted by atomic mass is 9.98. The van der Waals surface area contributed by atoms with Crippen LogP contribution in [0.3, 0.4) is 0 Å². The molecule has 1 aromatic heterocycles. The van der Waals surface area contributed by atoms with Gasteiger partial charge in [0.15, 0.2) is 0 Å². The van der Waals surface area contributed by atoms with Crippen molar-refractivity contribution in [3.05, 3.63) is 29.0 Å². The van der Waals surface area contributed by atoms with Crippen LogP contribution in [0.1, 0.15) is 31.2 Å². The van der Waals surface area contributed by atoms with E-state index >= 15 is 0 Å². The zero-order valence-corrected chi connectivity index (χ0v) is 11.5. The molecule has 0 amide bonds. The van der Waals surface area contributed by atoms with E-state index in [1.54, 1.807) is 6.20 Å². The van der Waals surface area contributed by atoms with Crippen molar-refractivity contribution in [1.82, 2.24) is 15.2 Å². The molecule has 1 N–H and O–H groups in total. The van der Waals surface area contributed by atoms with Crippen LogP contribution in [0.4, 0.5) is 0 Å². The number of hydrogen-bond donors (Lipinski definition) is 1. The van der Waals surface area contributed by atoms with Gasteiger partial charge in [-0.3, -0.25) is 4.90 Å². The molecule has 0 spiro atoms. The second kappa shape index (κ2) is 5.16. The number of hydrogen-bond acceptors (Lipinski definition) is 3. The minimum atomic E-state index is 0.589. The van der Waals surface area contributed by atoms with Crippen LogP contribution >= 0.6 is 11.6 Å². The summed E-state index contributed by atoms with van der Waals surface area (Å²) in [7, 11) is 2.23. The van der Waals surface area contributed by atoms with Crippen molar-refractivity contribution in [2.75, 3.05) is 7.05 Å². The molecular formula is C14H20ClN3. The monoisotopic (exact) mass is 265 g/mol. The lowest BCUT2D eigenvalue weighted by molar-refractivity contribution is 0.166. The van der Waals surface area contributed by atoms with Gasteiger partial charge >= 0.3 is 0 Å². The van der Waals surface area contributed by atoms with E-state index in [1.807, 2.05) is 6.07 Å². The Morgan fingerprint density at radius 2 is 2.11 bits per heavy atom. The van der Waals surface area contributed by atoms with Crippen molar-refractivity contribution in [1.29, 1.82) is 0 Å². The van der Waals surface area contributed by atoms with Gasteiger partial charge in [0.1, 0.15) is 5.15 Å². The smallest absolute Gasteiger partial charge is 0.129 e. The van der Waals surface area contributed by atoms with Gasteiger partial charge in [0.2, 0.25) is 0 Å². The highest BCUT2D eigenvalue weighted by molar-refractivity contribution is 6.29. The molecule has 0 aromatic carbocycles. The van der Waals surface area contributed by atoms with Crippen LogP contribution in [-0.2, 0) is 6.54 Å². The molecule has 2 aliphatic heterocycles. The van der Waals surface area contributed by atoms with E-state index in [0.717, 1.165) is 18.6 Å². The molecule has 98 valence electrons. The fraction of sp³-hybridized carbons (Fsp3) is 0.643. The number of nitrogens with zero attached hydrogens (tertiary/aromatic N) is 2. The van der Waals surface area contributed by atoms with Crippen molar-refractivity contribution in [3.8, 4) is 0 Å². The van der Waals surface area contributed by atoms with E-state index in [9.17, 15) is 0 Å². The summed E-state index contributed by atoms with van der Waals surface area (Å²) in [5, 5.41) is 4.28. The third kappa shape index (κ3) is 2.68. The molecule has 3 heterocycles. The van der Waals surface area contributed by atoms with Crippen LogP contribution in [-0.4, -0.2) is 35.1 Å². The highest BCUT2D eigenvalue weighted by Gasteiger charge is 2.34. The number of fused-ring (bicyclic) bond motifs is 2. The first-order valence-corrected chi connectivity index (χ1v) is 7.15. The topological polar surface area (TPSA) is 28.2 Å². The Balaban J connectivity index is 1.63. The number of rotatable bonds is 3. The predicted molar refractivity (Wildman–Crippen MR) is 73.7 cm³/mol. The summed E-state index contributed by atoms with van der Waals surface area (Å²) in [6, 6.07) is 6.22. The Morgan fingerprint density at radius 1 is 1.39 bits per heavy atom. The van der Waals surface area contributed by atoms with Crippen LogP contribution in [0.2, 0.25) is 5.15 Å². The summed E-state index contributed by atoms with van der Waals surface area (Å²) < 4.78 is 0. The van der Waals surface area contributed by atoms with Crippen LogP contribution in [0, 0.1) is 0 Å². The van der Waals surface area contributed by atoms with Gasteiger partial charge in [-0.2, -0.15) is 0 Å². The molecule has 0 radical (unpaired) electrons. The minimum absolute atomic E-state index is 0.589. The van der Waals surface area contributed by atoms with Gasteiger partial charge < -0.3 is 5.32 Å². The largest absolute Gasteiger partial charge is 0.311 e. The Hall–Kier alpha value is -0.640. The summed E-state index contributed by atoms with van der Waals surface area (Å²) in [4.78, 5) is 6.50. The molecule has 0 aliphatic carbocycles. The number of halogens is 1. The zero-order valence-electron chi connectivity index (χ0n) is 10.8. The van der Waals surface area contributed by atoms with Gasteiger partial charge in [-0.25, -0.2) is 4.98 Å². The quantitative estimate of drug-likeness (QED) is 0.851. The van der Waals surface area contributed by atoms with E-state index in [2.05, 4.69) is 28.3 Å². The first-order valence-electron chi connectivity index (χ1n) is 6.77. The van der Waals surface area contributed by atoms with Gasteiger partial charge in [0.05, 0.1) is 0 Å². The normalized spacial score (nSPS) is 30.9. The Bertz CT molecular complexity index is 411. The number of pyridine rings is 1. The standard InChI is InChI=1S/C14H20ClN3/c1-18(9-10-4-5-16-14(15)6-10)13-7-11-2-3-12(8-13)17-11/h4-6,11-13,17H,2-3,7-9H2,1H3. The maximum atomic E-state index is 5.93. The SMILES string of the molecule is CN(Cc1ccnc(Cl)c1)C1CC2CCC(C1)N2. The van der Waals surface area contributed by atoms with E-state index in [0.29, 0.717) is 11.2 Å². The van der Waals surface area contributed by atoms with Crippen LogP contribution in [0.15, 0.2) is 18.3 Å². The average Bonchev–Trinajstić information content (AvgIpc) is 2.68. The summed E-state index contributed by atoms with van der Waals surface area (Å²) in [6.45, 7) is 0.965. The predicted octanol–water partition coefficient (Wildman–Crippen LogP) is 2.45. The number of nitrogens with one attached hydrogen (secondary N) is 1. The maximum absolute atomic E-state index is 5.93. The lowest BCUT2D eigenvalue weighted by Gasteiger charge is -2.35. The van der Waals surface area contributed by atoms with E-state index in [1.165, 1.54) is 31.2 Å². The molecule has 4 heteroatoms. The molecule has 1 aromatic rings. The molecule has 2 atom stereocenters. The zero-order chi connectivity index (χ0) is 12.5. The third-order valence-electron chi connectivity index (χ3n) is 4.29. The van der Waals surface area contributed by atoms with Crippen molar-refractivity contribution in [2.24, 2.45) is 0 Å². The molecule has 2 saturated heterocycles. The second-order valence-electron chi connectivity index (χ2n) is 5.67. The summed E-state index contributed by atoms with van der Waals surface area (Å²) >= 11 is 5.93. The van der Waals surface area contributed by atoms with Gasteiger partial charge in [-0.05, 0) is 50.4 Å². The van der Waals surface area contributed by atoms with Crippen LogP contribution in [0.5, 0.6) is 0 Å². The molecule has 2 fully saturated rings. The summed E-state index contributed by atoms with van der Waals surface area (Å²) in [6.07, 6.45) is 7.07. The Morgan fingerprint density at radius 3 is 2.78 bits per heavy atom. The first kappa shape index (κ1) is 12.4. The van der Waals surface area contributed by atoms with Crippen LogP contribution < -0.4 is 5.32 Å². The molecular weight excluding hydrogens is 246 g/mol. The minimum Gasteiger partial charge on any atom is -0.311 e. The molecule has 3 nitrogen and oxygen atoms in total. The second-order valence-corrected chi connectivity index (χ2v) is 6.05. The van der Waals surface area contributed by atoms with Crippen molar-refractivity contribution < 1.29 is 0 Å². The lowest BCUT2D eigenvalue weighted by Crippen LogP contribution is -2.46. The fourth-order valence-electron chi connectivity index (χ4n) is 3.35. The van der Waals surface area contributed by atoms with Gasteiger partial charge in [0, 0.05) is 30.9 Å². The molecule has 2 aliphatic rings. The Kier molecular flexibility index (Phi) is 3.55. The first-order chi connectivity index (χ1) is 8.70. The number of piperidine rings is 1. The van der Waals surface area contributed by atoms with E-state index < -0.39 is 0 Å². The van der Waals surface area contributed by atoms with E-state index in [4.69, 9.17) is 11.6 Å². The molecule has 2 unspecified atom stereocenters. The van der Waals surface area contributed by atoms with Crippen LogP contribution in [0.25, 0.3) is 0 Å². The Labute approximate surface area is 114 Å². The summed E-state index contributed by atoms with van der Waals surface area (Å²) in [5.74, 6) is 0.